The number of nitrogens with one attached hydrogen (secondary N) is 1. The molecule has 0 unspecified atom stereocenters. The van der Waals surface area contributed by atoms with E-state index in [9.17, 15) is 0 Å². The standard InChI is InChI=1S/C13H20N6/c1-10-3-2-4-11(9-10)18-5-7-19(8-6-18)13(16)17-12(14)15/h2-4,9H,5-8H2,1H3,(H5,14,15,16,17). The second kappa shape index (κ2) is 5.60. The zero-order valence-corrected chi connectivity index (χ0v) is 11.1. The topological polar surface area (TPSA) is 94.7 Å². The van der Waals surface area contributed by atoms with Crippen LogP contribution in [0.2, 0.25) is 0 Å². The molecule has 0 aromatic heterocycles. The van der Waals surface area contributed by atoms with E-state index < -0.39 is 0 Å². The van der Waals surface area contributed by atoms with Gasteiger partial charge in [-0.25, -0.2) is 0 Å². The Kier molecular flexibility index (Phi) is 3.89. The summed E-state index contributed by atoms with van der Waals surface area (Å²) in [6.07, 6.45) is 0. The fourth-order valence-corrected chi connectivity index (χ4v) is 2.19. The zero-order valence-electron chi connectivity index (χ0n) is 11.1. The van der Waals surface area contributed by atoms with Gasteiger partial charge in [0, 0.05) is 31.9 Å². The van der Waals surface area contributed by atoms with Crippen molar-refractivity contribution in [2.45, 2.75) is 6.92 Å². The van der Waals surface area contributed by atoms with Gasteiger partial charge < -0.3 is 21.3 Å². The van der Waals surface area contributed by atoms with Crippen LogP contribution in [0.4, 0.5) is 5.69 Å². The Labute approximate surface area is 113 Å². The van der Waals surface area contributed by atoms with Crippen LogP contribution < -0.4 is 16.4 Å². The average Bonchev–Trinajstić information content (AvgIpc) is 2.38. The molecule has 1 aliphatic heterocycles. The van der Waals surface area contributed by atoms with Crippen molar-refractivity contribution < 1.29 is 0 Å². The number of nitrogens with two attached hydrogens (primary N) is 2. The summed E-state index contributed by atoms with van der Waals surface area (Å²) < 4.78 is 0. The van der Waals surface area contributed by atoms with Crippen LogP contribution in [-0.2, 0) is 0 Å². The summed E-state index contributed by atoms with van der Waals surface area (Å²) in [5, 5.41) is 7.78. The summed E-state index contributed by atoms with van der Waals surface area (Å²) in [6, 6.07) is 8.45. The van der Waals surface area contributed by atoms with Gasteiger partial charge >= 0.3 is 0 Å². The SMILES string of the molecule is Cc1cccc(N2CCN(C(=N)N=C(N)N)CC2)c1. The van der Waals surface area contributed by atoms with Gasteiger partial charge in [0.2, 0.25) is 5.96 Å². The highest BCUT2D eigenvalue weighted by Crippen LogP contribution is 2.17. The molecule has 1 fully saturated rings. The van der Waals surface area contributed by atoms with Crippen molar-refractivity contribution in [2.24, 2.45) is 16.5 Å². The number of rotatable bonds is 1. The first-order valence-corrected chi connectivity index (χ1v) is 6.31. The number of hydrogen-bond donors (Lipinski definition) is 3. The third-order valence-corrected chi connectivity index (χ3v) is 3.18. The molecule has 6 nitrogen and oxygen atoms in total. The predicted octanol–water partition coefficient (Wildman–Crippen LogP) is 0.325. The Morgan fingerprint density at radius 3 is 2.47 bits per heavy atom. The smallest absolute Gasteiger partial charge is 0.221 e. The van der Waals surface area contributed by atoms with Crippen molar-refractivity contribution in [1.82, 2.24) is 4.90 Å². The van der Waals surface area contributed by atoms with Gasteiger partial charge in [-0.3, -0.25) is 5.41 Å². The number of piperazine rings is 1. The van der Waals surface area contributed by atoms with Crippen molar-refractivity contribution in [3.05, 3.63) is 29.8 Å². The van der Waals surface area contributed by atoms with E-state index >= 15 is 0 Å². The summed E-state index contributed by atoms with van der Waals surface area (Å²) in [5.41, 5.74) is 13.1. The lowest BCUT2D eigenvalue weighted by Gasteiger charge is -2.36. The predicted molar refractivity (Wildman–Crippen MR) is 78.5 cm³/mol. The van der Waals surface area contributed by atoms with Crippen LogP contribution in [-0.4, -0.2) is 43.0 Å². The fraction of sp³-hybridized carbons (Fsp3) is 0.385. The van der Waals surface area contributed by atoms with Crippen LogP contribution in [0.15, 0.2) is 29.3 Å². The van der Waals surface area contributed by atoms with Crippen LogP contribution in [0, 0.1) is 12.3 Å². The molecular weight excluding hydrogens is 240 g/mol. The molecule has 0 amide bonds. The minimum atomic E-state index is -0.0638. The Morgan fingerprint density at radius 1 is 1.21 bits per heavy atom. The molecule has 0 spiro atoms. The summed E-state index contributed by atoms with van der Waals surface area (Å²) in [7, 11) is 0. The quantitative estimate of drug-likeness (QED) is 0.501. The van der Waals surface area contributed by atoms with Crippen LogP contribution in [0.3, 0.4) is 0 Å². The third-order valence-electron chi connectivity index (χ3n) is 3.18. The highest BCUT2D eigenvalue weighted by Gasteiger charge is 2.19. The maximum atomic E-state index is 7.78. The van der Waals surface area contributed by atoms with Crippen molar-refractivity contribution >= 4 is 17.6 Å². The van der Waals surface area contributed by atoms with E-state index in [1.165, 1.54) is 11.3 Å². The van der Waals surface area contributed by atoms with Crippen LogP contribution in [0.25, 0.3) is 0 Å². The van der Waals surface area contributed by atoms with Gasteiger partial charge in [-0.2, -0.15) is 4.99 Å². The first-order chi connectivity index (χ1) is 9.06. The molecule has 0 saturated carbocycles. The molecule has 0 aliphatic carbocycles. The zero-order chi connectivity index (χ0) is 13.8. The van der Waals surface area contributed by atoms with E-state index in [1.807, 2.05) is 4.90 Å². The molecular formula is C13H20N6. The van der Waals surface area contributed by atoms with Gasteiger partial charge in [0.15, 0.2) is 5.96 Å². The minimum Gasteiger partial charge on any atom is -0.370 e. The summed E-state index contributed by atoms with van der Waals surface area (Å²) >= 11 is 0. The van der Waals surface area contributed by atoms with E-state index in [-0.39, 0.29) is 11.9 Å². The Morgan fingerprint density at radius 2 is 1.89 bits per heavy atom. The number of benzene rings is 1. The Balaban J connectivity index is 1.96. The molecule has 1 aromatic carbocycles. The molecule has 0 radical (unpaired) electrons. The molecule has 1 saturated heterocycles. The number of anilines is 1. The number of hydrogen-bond acceptors (Lipinski definition) is 2. The van der Waals surface area contributed by atoms with Gasteiger partial charge in [0.1, 0.15) is 0 Å². The molecule has 1 heterocycles. The molecule has 19 heavy (non-hydrogen) atoms. The number of nitrogens with zero attached hydrogens (tertiary/aromatic N) is 3. The minimum absolute atomic E-state index is 0.0638. The third kappa shape index (κ3) is 3.37. The largest absolute Gasteiger partial charge is 0.370 e. The number of guanidine groups is 2. The van der Waals surface area contributed by atoms with Crippen molar-refractivity contribution in [2.75, 3.05) is 31.1 Å². The van der Waals surface area contributed by atoms with Crippen LogP contribution in [0.1, 0.15) is 5.56 Å². The van der Waals surface area contributed by atoms with Crippen molar-refractivity contribution in [3.8, 4) is 0 Å². The fourth-order valence-electron chi connectivity index (χ4n) is 2.19. The molecule has 2 rings (SSSR count). The van der Waals surface area contributed by atoms with E-state index in [0.29, 0.717) is 0 Å². The van der Waals surface area contributed by atoms with Gasteiger partial charge in [-0.15, -0.1) is 0 Å². The molecule has 0 bridgehead atoms. The van der Waals surface area contributed by atoms with E-state index in [1.54, 1.807) is 0 Å². The van der Waals surface area contributed by atoms with Crippen molar-refractivity contribution in [1.29, 1.82) is 5.41 Å². The van der Waals surface area contributed by atoms with Crippen LogP contribution in [0.5, 0.6) is 0 Å². The molecule has 0 atom stereocenters. The van der Waals surface area contributed by atoms with Gasteiger partial charge in [0.25, 0.3) is 0 Å². The summed E-state index contributed by atoms with van der Waals surface area (Å²) in [5.74, 6) is 0.0787. The Hall–Kier alpha value is -2.24. The van der Waals surface area contributed by atoms with E-state index in [2.05, 4.69) is 41.1 Å². The van der Waals surface area contributed by atoms with Gasteiger partial charge in [-0.1, -0.05) is 12.1 Å². The monoisotopic (exact) mass is 260 g/mol. The summed E-state index contributed by atoms with van der Waals surface area (Å²) in [4.78, 5) is 7.97. The normalized spacial score (nSPS) is 15.2. The van der Waals surface area contributed by atoms with Crippen molar-refractivity contribution in [3.63, 3.8) is 0 Å². The van der Waals surface area contributed by atoms with Gasteiger partial charge in [-0.05, 0) is 24.6 Å². The molecule has 102 valence electrons. The molecule has 1 aromatic rings. The lowest BCUT2D eigenvalue weighted by Crippen LogP contribution is -2.48. The molecule has 6 heteroatoms. The second-order valence-corrected chi connectivity index (χ2v) is 4.67. The second-order valence-electron chi connectivity index (χ2n) is 4.67. The number of aliphatic imine (C=N–C) groups is 1. The first-order valence-electron chi connectivity index (χ1n) is 6.31. The Bertz CT molecular complexity index is 484. The highest BCUT2D eigenvalue weighted by atomic mass is 15.3. The van der Waals surface area contributed by atoms with Crippen LogP contribution >= 0.6 is 0 Å². The number of aryl methyl sites for hydroxylation is 1. The molecule has 1 aliphatic rings. The van der Waals surface area contributed by atoms with E-state index in [0.717, 1.165) is 26.2 Å². The van der Waals surface area contributed by atoms with Gasteiger partial charge in [0.05, 0.1) is 0 Å². The lowest BCUT2D eigenvalue weighted by molar-refractivity contribution is 0.380. The molecule has 5 N–H and O–H groups in total. The first kappa shape index (κ1) is 13.2. The maximum Gasteiger partial charge on any atom is 0.221 e. The highest BCUT2D eigenvalue weighted by molar-refractivity contribution is 5.91. The lowest BCUT2D eigenvalue weighted by atomic mass is 10.2. The average molecular weight is 260 g/mol. The van der Waals surface area contributed by atoms with E-state index in [4.69, 9.17) is 16.9 Å². The summed E-state index contributed by atoms with van der Waals surface area (Å²) in [6.45, 7) is 5.33. The maximum absolute atomic E-state index is 7.78.